The number of hydrogen-bond acceptors (Lipinski definition) is 5. The topological polar surface area (TPSA) is 92.8 Å². The molecule has 194 valence electrons. The van der Waals surface area contributed by atoms with E-state index >= 15 is 0 Å². The van der Waals surface area contributed by atoms with E-state index < -0.39 is 45.5 Å². The molecule has 0 aliphatic carbocycles. The van der Waals surface area contributed by atoms with Gasteiger partial charge in [-0.3, -0.25) is 9.59 Å². The van der Waals surface area contributed by atoms with Crippen molar-refractivity contribution < 1.29 is 35.9 Å². The summed E-state index contributed by atoms with van der Waals surface area (Å²) >= 11 is 0. The Kier molecular flexibility index (Phi) is 7.16. The van der Waals surface area contributed by atoms with Gasteiger partial charge in [-0.2, -0.15) is 13.2 Å². The van der Waals surface area contributed by atoms with E-state index in [0.29, 0.717) is 31.7 Å². The number of halogens is 3. The molecule has 2 aliphatic rings. The predicted octanol–water partition coefficient (Wildman–Crippen LogP) is 3.46. The van der Waals surface area contributed by atoms with Crippen LogP contribution in [0.1, 0.15) is 40.9 Å². The lowest BCUT2D eigenvalue weighted by molar-refractivity contribution is -0.137. The summed E-state index contributed by atoms with van der Waals surface area (Å²) in [7, 11) is -3.52. The lowest BCUT2D eigenvalue weighted by Gasteiger charge is -2.36. The van der Waals surface area contributed by atoms with E-state index in [-0.39, 0.29) is 22.3 Å². The molecule has 7 nitrogen and oxygen atoms in total. The number of alkyl halides is 3. The number of amides is 2. The summed E-state index contributed by atoms with van der Waals surface area (Å²) in [6, 6.07) is 8.98. The quantitative estimate of drug-likeness (QED) is 0.625. The molecule has 0 saturated carbocycles. The van der Waals surface area contributed by atoms with Crippen LogP contribution in [0, 0.1) is 11.8 Å². The van der Waals surface area contributed by atoms with Gasteiger partial charge >= 0.3 is 6.18 Å². The van der Waals surface area contributed by atoms with Gasteiger partial charge in [0.2, 0.25) is 5.91 Å². The van der Waals surface area contributed by atoms with Crippen LogP contribution in [0.15, 0.2) is 53.4 Å². The van der Waals surface area contributed by atoms with Crippen LogP contribution in [-0.2, 0) is 25.5 Å². The van der Waals surface area contributed by atoms with Gasteiger partial charge in [0.25, 0.3) is 5.91 Å². The van der Waals surface area contributed by atoms with E-state index in [1.165, 1.54) is 41.3 Å². The third kappa shape index (κ3) is 5.57. The van der Waals surface area contributed by atoms with Crippen molar-refractivity contribution in [3.63, 3.8) is 0 Å². The van der Waals surface area contributed by atoms with Gasteiger partial charge in [-0.05, 0) is 48.2 Å². The number of hydrogen-bond donors (Lipinski definition) is 1. The number of benzene rings is 2. The minimum atomic E-state index is -4.47. The lowest BCUT2D eigenvalue weighted by Crippen LogP contribution is -2.50. The van der Waals surface area contributed by atoms with Gasteiger partial charge in [0.1, 0.15) is 6.04 Å². The average Bonchev–Trinajstić information content (AvgIpc) is 3.17. The maximum Gasteiger partial charge on any atom is 0.416 e. The lowest BCUT2D eigenvalue weighted by atomic mass is 9.90. The molecular formula is C25H27F3N2O5S. The highest BCUT2D eigenvalue weighted by Crippen LogP contribution is 2.34. The largest absolute Gasteiger partial charge is 0.416 e. The van der Waals surface area contributed by atoms with E-state index in [4.69, 9.17) is 4.74 Å². The summed E-state index contributed by atoms with van der Waals surface area (Å²) in [5, 5.41) is 2.94. The van der Waals surface area contributed by atoms with Crippen molar-refractivity contribution in [2.45, 2.75) is 36.5 Å². The second-order valence-corrected chi connectivity index (χ2v) is 11.5. The Balaban J connectivity index is 1.55. The maximum absolute atomic E-state index is 13.4. The summed E-state index contributed by atoms with van der Waals surface area (Å²) < 4.78 is 68.1. The number of nitrogens with zero attached hydrogens (tertiary/aromatic N) is 1. The first kappa shape index (κ1) is 26.2. The van der Waals surface area contributed by atoms with E-state index in [9.17, 15) is 31.2 Å². The number of nitrogens with one attached hydrogen (secondary N) is 1. The molecule has 0 unspecified atom stereocenters. The maximum atomic E-state index is 13.4. The van der Waals surface area contributed by atoms with Crippen LogP contribution < -0.4 is 5.32 Å². The number of carbonyl (C=O) groups is 2. The molecule has 0 radical (unpaired) electrons. The van der Waals surface area contributed by atoms with Gasteiger partial charge in [-0.1, -0.05) is 25.1 Å². The molecule has 2 aromatic carbocycles. The number of likely N-dealkylation sites (tertiary alicyclic amines) is 1. The molecule has 2 saturated heterocycles. The molecule has 4 rings (SSSR count). The first-order valence-corrected chi connectivity index (χ1v) is 13.4. The molecule has 1 N–H and O–H groups in total. The molecular weight excluding hydrogens is 497 g/mol. The highest BCUT2D eigenvalue weighted by Gasteiger charge is 2.41. The summed E-state index contributed by atoms with van der Waals surface area (Å²) in [6.07, 6.45) is -3.01. The van der Waals surface area contributed by atoms with Crippen molar-refractivity contribution in [1.82, 2.24) is 10.2 Å². The Labute approximate surface area is 207 Å². The summed E-state index contributed by atoms with van der Waals surface area (Å²) in [6.45, 7) is 2.94. The van der Waals surface area contributed by atoms with Crippen molar-refractivity contribution in [2.24, 2.45) is 11.8 Å². The van der Waals surface area contributed by atoms with Crippen molar-refractivity contribution in [2.75, 3.05) is 26.0 Å². The first-order valence-electron chi connectivity index (χ1n) is 11.5. The minimum Gasteiger partial charge on any atom is -0.381 e. The Morgan fingerprint density at radius 2 is 1.78 bits per heavy atom. The van der Waals surface area contributed by atoms with Crippen molar-refractivity contribution in [1.29, 1.82) is 0 Å². The van der Waals surface area contributed by atoms with Gasteiger partial charge in [-0.15, -0.1) is 0 Å². The van der Waals surface area contributed by atoms with Crippen LogP contribution in [0.5, 0.6) is 0 Å². The van der Waals surface area contributed by atoms with Crippen LogP contribution in [0.2, 0.25) is 0 Å². The number of sulfone groups is 1. The van der Waals surface area contributed by atoms with E-state index in [1.54, 1.807) is 0 Å². The smallest absolute Gasteiger partial charge is 0.381 e. The van der Waals surface area contributed by atoms with Crippen LogP contribution in [-0.4, -0.2) is 57.2 Å². The van der Waals surface area contributed by atoms with E-state index in [2.05, 4.69) is 5.32 Å². The van der Waals surface area contributed by atoms with Crippen LogP contribution in [0.25, 0.3) is 0 Å². The Bertz CT molecular complexity index is 1240. The summed E-state index contributed by atoms with van der Waals surface area (Å²) in [5.41, 5.74) is -0.0927. The second kappa shape index (κ2) is 9.85. The fraction of sp³-hybridized carbons (Fsp3) is 0.440. The van der Waals surface area contributed by atoms with E-state index in [1.807, 2.05) is 6.92 Å². The number of carbonyl (C=O) groups excluding carboxylic acids is 2. The molecule has 2 aliphatic heterocycles. The summed E-state index contributed by atoms with van der Waals surface area (Å²) in [5.74, 6) is -0.953. The van der Waals surface area contributed by atoms with Crippen molar-refractivity contribution in [3.05, 3.63) is 65.2 Å². The monoisotopic (exact) mass is 524 g/mol. The van der Waals surface area contributed by atoms with Crippen LogP contribution >= 0.6 is 0 Å². The van der Waals surface area contributed by atoms with E-state index in [0.717, 1.165) is 18.4 Å². The van der Waals surface area contributed by atoms with Crippen LogP contribution in [0.4, 0.5) is 13.2 Å². The molecule has 2 heterocycles. The second-order valence-electron chi connectivity index (χ2n) is 9.52. The van der Waals surface area contributed by atoms with Crippen LogP contribution in [0.3, 0.4) is 0 Å². The molecule has 2 fully saturated rings. The van der Waals surface area contributed by atoms with Gasteiger partial charge in [0.15, 0.2) is 9.84 Å². The fourth-order valence-electron chi connectivity index (χ4n) is 4.59. The zero-order valence-electron chi connectivity index (χ0n) is 19.8. The minimum absolute atomic E-state index is 0.00829. The molecule has 2 amide bonds. The highest BCUT2D eigenvalue weighted by atomic mass is 32.2. The standard InChI is InChI=1S/C25H27F3N2O5S/c1-15-10-21(30(12-15)24(32)17-4-3-5-20(11-17)36(2,33)34)23(31)29-22(18-13-35-14-18)16-6-8-19(9-7-16)25(26,27)28/h3-9,11,15,18,21-22H,10,12-14H2,1-2H3,(H,29,31)/t15-,21-,22+/m1/s1. The van der Waals surface area contributed by atoms with Gasteiger partial charge in [-0.25, -0.2) is 8.42 Å². The van der Waals surface area contributed by atoms with Gasteiger partial charge in [0.05, 0.1) is 29.7 Å². The molecule has 0 spiro atoms. The fourth-order valence-corrected chi connectivity index (χ4v) is 5.26. The molecule has 0 bridgehead atoms. The van der Waals surface area contributed by atoms with Gasteiger partial charge < -0.3 is 15.0 Å². The summed E-state index contributed by atoms with van der Waals surface area (Å²) in [4.78, 5) is 28.1. The highest BCUT2D eigenvalue weighted by molar-refractivity contribution is 7.90. The molecule has 3 atom stereocenters. The molecule has 36 heavy (non-hydrogen) atoms. The SMILES string of the molecule is C[C@@H]1C[C@H](C(=O)N[C@@H](c2ccc(C(F)(F)F)cc2)C2COC2)N(C(=O)c2cccc(S(C)(=O)=O)c2)C1. The van der Waals surface area contributed by atoms with Crippen molar-refractivity contribution >= 4 is 21.7 Å². The third-order valence-electron chi connectivity index (χ3n) is 6.61. The Morgan fingerprint density at radius 1 is 1.11 bits per heavy atom. The van der Waals surface area contributed by atoms with Crippen molar-refractivity contribution in [3.8, 4) is 0 Å². The Morgan fingerprint density at radius 3 is 2.33 bits per heavy atom. The number of ether oxygens (including phenoxy) is 1. The molecule has 11 heteroatoms. The Hall–Kier alpha value is -2.92. The normalized spacial score (nSPS) is 21.6. The van der Waals surface area contributed by atoms with Gasteiger partial charge in [0, 0.05) is 24.3 Å². The first-order chi connectivity index (χ1) is 16.8. The number of rotatable bonds is 6. The zero-order valence-corrected chi connectivity index (χ0v) is 20.6. The average molecular weight is 525 g/mol. The molecule has 2 aromatic rings. The molecule has 0 aromatic heterocycles. The zero-order chi connectivity index (χ0) is 26.3. The third-order valence-corrected chi connectivity index (χ3v) is 7.72. The predicted molar refractivity (Wildman–Crippen MR) is 125 cm³/mol.